The molecule has 0 unspecified atom stereocenters. The quantitative estimate of drug-likeness (QED) is 0.649. The monoisotopic (exact) mass is 376 g/mol. The molecule has 0 saturated heterocycles. The maximum atomic E-state index is 12.2. The van der Waals surface area contributed by atoms with Crippen LogP contribution in [0.4, 0.5) is 0 Å². The molecule has 0 fully saturated rings. The maximum Gasteiger partial charge on any atom is 0.252 e. The number of hydrogen-bond donors (Lipinski definition) is 2. The highest BCUT2D eigenvalue weighted by Gasteiger charge is 2.19. The third kappa shape index (κ3) is 6.76. The Labute approximate surface area is 149 Å². The number of ether oxygens (including phenoxy) is 1. The van der Waals surface area contributed by atoms with E-state index in [1.807, 2.05) is 13.8 Å². The zero-order valence-corrected chi connectivity index (χ0v) is 16.0. The van der Waals surface area contributed by atoms with E-state index in [1.54, 1.807) is 13.8 Å². The molecule has 0 aliphatic heterocycles. The predicted octanol–water partition coefficient (Wildman–Crippen LogP) is 2.57. The van der Waals surface area contributed by atoms with Gasteiger partial charge in [-0.15, -0.1) is 0 Å². The molecule has 1 rings (SSSR count). The van der Waals surface area contributed by atoms with Gasteiger partial charge in [-0.2, -0.15) is 0 Å². The Bertz CT molecular complexity index is 660. The van der Waals surface area contributed by atoms with Gasteiger partial charge in [0, 0.05) is 19.2 Å². The highest BCUT2D eigenvalue weighted by atomic mass is 35.5. The fourth-order valence-electron chi connectivity index (χ4n) is 1.91. The number of carbonyl (C=O) groups is 1. The van der Waals surface area contributed by atoms with Gasteiger partial charge in [-0.3, -0.25) is 4.79 Å². The Morgan fingerprint density at radius 2 is 1.92 bits per heavy atom. The third-order valence-electron chi connectivity index (χ3n) is 2.94. The highest BCUT2D eigenvalue weighted by Crippen LogP contribution is 2.20. The Hall–Kier alpha value is -1.15. The lowest BCUT2D eigenvalue weighted by Gasteiger charge is -2.12. The lowest BCUT2D eigenvalue weighted by Crippen LogP contribution is -2.31. The van der Waals surface area contributed by atoms with Crippen molar-refractivity contribution >= 4 is 27.5 Å². The summed E-state index contributed by atoms with van der Waals surface area (Å²) in [6, 6.07) is 3.82. The molecule has 0 aromatic heterocycles. The lowest BCUT2D eigenvalue weighted by atomic mass is 10.2. The molecule has 24 heavy (non-hydrogen) atoms. The molecule has 0 heterocycles. The number of benzene rings is 1. The van der Waals surface area contributed by atoms with Crippen molar-refractivity contribution in [3.63, 3.8) is 0 Å². The maximum absolute atomic E-state index is 12.2. The summed E-state index contributed by atoms with van der Waals surface area (Å²) in [7, 11) is -3.68. The second-order valence-electron chi connectivity index (χ2n) is 5.95. The van der Waals surface area contributed by atoms with Crippen LogP contribution in [0, 0.1) is 0 Å². The van der Waals surface area contributed by atoms with Crippen molar-refractivity contribution in [1.29, 1.82) is 0 Å². The van der Waals surface area contributed by atoms with Gasteiger partial charge in [0.2, 0.25) is 10.0 Å². The van der Waals surface area contributed by atoms with Crippen molar-refractivity contribution < 1.29 is 17.9 Å². The average Bonchev–Trinajstić information content (AvgIpc) is 2.45. The van der Waals surface area contributed by atoms with Crippen LogP contribution in [-0.2, 0) is 14.8 Å². The summed E-state index contributed by atoms with van der Waals surface area (Å²) in [6.07, 6.45) is 0.805. The molecule has 1 aromatic rings. The highest BCUT2D eigenvalue weighted by molar-refractivity contribution is 7.89. The van der Waals surface area contributed by atoms with Gasteiger partial charge in [-0.25, -0.2) is 13.1 Å². The summed E-state index contributed by atoms with van der Waals surface area (Å²) in [5.41, 5.74) is 0.132. The van der Waals surface area contributed by atoms with Gasteiger partial charge in [0.25, 0.3) is 5.91 Å². The van der Waals surface area contributed by atoms with Gasteiger partial charge in [-0.05, 0) is 52.3 Å². The number of rotatable bonds is 9. The molecule has 0 aliphatic rings. The molecule has 1 amide bonds. The molecular formula is C16H25ClN2O4S. The standard InChI is InChI=1S/C16H25ClN2O4S/c1-11(2)19-24(21,22)13-6-7-15(17)14(10-13)16(20)18-8-5-9-23-12(3)4/h6-7,10-12,19H,5,8-9H2,1-4H3,(H,18,20). The number of nitrogens with one attached hydrogen (secondary N) is 2. The SMILES string of the molecule is CC(C)NS(=O)(=O)c1ccc(Cl)c(C(=O)NCCCOC(C)C)c1. The molecule has 2 N–H and O–H groups in total. The molecule has 8 heteroatoms. The minimum atomic E-state index is -3.68. The molecule has 136 valence electrons. The van der Waals surface area contributed by atoms with Crippen LogP contribution >= 0.6 is 11.6 Å². The van der Waals surface area contributed by atoms with E-state index < -0.39 is 15.9 Å². The lowest BCUT2D eigenvalue weighted by molar-refractivity contribution is 0.0757. The van der Waals surface area contributed by atoms with Crippen LogP contribution in [-0.4, -0.2) is 39.6 Å². The molecule has 0 atom stereocenters. The summed E-state index contributed by atoms with van der Waals surface area (Å²) in [6.45, 7) is 8.28. The first-order valence-electron chi connectivity index (χ1n) is 7.85. The Morgan fingerprint density at radius 3 is 2.50 bits per heavy atom. The van der Waals surface area contributed by atoms with E-state index in [-0.39, 0.29) is 27.6 Å². The summed E-state index contributed by atoms with van der Waals surface area (Å²) in [5, 5.41) is 2.92. The van der Waals surface area contributed by atoms with Crippen molar-refractivity contribution in [2.75, 3.05) is 13.2 Å². The molecule has 6 nitrogen and oxygen atoms in total. The van der Waals surface area contributed by atoms with Crippen molar-refractivity contribution in [1.82, 2.24) is 10.0 Å². The first-order chi connectivity index (χ1) is 11.1. The van der Waals surface area contributed by atoms with Crippen LogP contribution in [0.25, 0.3) is 0 Å². The molecular weight excluding hydrogens is 352 g/mol. The molecule has 0 aliphatic carbocycles. The predicted molar refractivity (Wildman–Crippen MR) is 94.9 cm³/mol. The third-order valence-corrected chi connectivity index (χ3v) is 4.93. The molecule has 0 spiro atoms. The zero-order chi connectivity index (χ0) is 18.3. The smallest absolute Gasteiger partial charge is 0.252 e. The van der Waals surface area contributed by atoms with E-state index in [2.05, 4.69) is 10.0 Å². The molecule has 1 aromatic carbocycles. The number of carbonyl (C=O) groups excluding carboxylic acids is 1. The summed E-state index contributed by atoms with van der Waals surface area (Å²) < 4.78 is 32.2. The Kier molecular flexibility index (Phi) is 8.15. The first kappa shape index (κ1) is 20.9. The summed E-state index contributed by atoms with van der Waals surface area (Å²) >= 11 is 6.03. The average molecular weight is 377 g/mol. The Balaban J connectivity index is 2.77. The number of halogens is 1. The molecule has 0 saturated carbocycles. The van der Waals surface area contributed by atoms with Crippen molar-refractivity contribution in [3.8, 4) is 0 Å². The van der Waals surface area contributed by atoms with Gasteiger partial charge >= 0.3 is 0 Å². The van der Waals surface area contributed by atoms with Crippen molar-refractivity contribution in [2.24, 2.45) is 0 Å². The zero-order valence-electron chi connectivity index (χ0n) is 14.4. The van der Waals surface area contributed by atoms with Crippen LogP contribution in [0.15, 0.2) is 23.1 Å². The number of sulfonamides is 1. The van der Waals surface area contributed by atoms with E-state index in [0.717, 1.165) is 0 Å². The minimum absolute atomic E-state index is 0.00823. The van der Waals surface area contributed by atoms with Crippen molar-refractivity contribution in [2.45, 2.75) is 51.2 Å². The van der Waals surface area contributed by atoms with Gasteiger partial charge in [0.05, 0.1) is 21.6 Å². The van der Waals surface area contributed by atoms with Crippen LogP contribution in [0.1, 0.15) is 44.5 Å². The molecule has 0 bridgehead atoms. The van der Waals surface area contributed by atoms with Gasteiger partial charge in [0.15, 0.2) is 0 Å². The van der Waals surface area contributed by atoms with Crippen LogP contribution in [0.5, 0.6) is 0 Å². The van der Waals surface area contributed by atoms with Gasteiger partial charge in [0.1, 0.15) is 0 Å². The Morgan fingerprint density at radius 1 is 1.25 bits per heavy atom. The van der Waals surface area contributed by atoms with Gasteiger partial charge < -0.3 is 10.1 Å². The van der Waals surface area contributed by atoms with E-state index in [4.69, 9.17) is 16.3 Å². The topological polar surface area (TPSA) is 84.5 Å². The second kappa shape index (κ2) is 9.36. The normalized spacial score (nSPS) is 12.0. The minimum Gasteiger partial charge on any atom is -0.379 e. The van der Waals surface area contributed by atoms with Crippen LogP contribution in [0.3, 0.4) is 0 Å². The number of hydrogen-bond acceptors (Lipinski definition) is 4. The summed E-state index contributed by atoms with van der Waals surface area (Å²) in [4.78, 5) is 12.2. The first-order valence-corrected chi connectivity index (χ1v) is 9.71. The summed E-state index contributed by atoms with van der Waals surface area (Å²) in [5.74, 6) is -0.411. The fourth-order valence-corrected chi connectivity index (χ4v) is 3.39. The van der Waals surface area contributed by atoms with E-state index in [0.29, 0.717) is 19.6 Å². The van der Waals surface area contributed by atoms with E-state index >= 15 is 0 Å². The van der Waals surface area contributed by atoms with Crippen LogP contribution < -0.4 is 10.0 Å². The second-order valence-corrected chi connectivity index (χ2v) is 8.07. The van der Waals surface area contributed by atoms with Gasteiger partial charge in [-0.1, -0.05) is 11.6 Å². The van der Waals surface area contributed by atoms with Crippen molar-refractivity contribution in [3.05, 3.63) is 28.8 Å². The van der Waals surface area contributed by atoms with E-state index in [9.17, 15) is 13.2 Å². The largest absolute Gasteiger partial charge is 0.379 e. The van der Waals surface area contributed by atoms with Crippen LogP contribution in [0.2, 0.25) is 5.02 Å². The van der Waals surface area contributed by atoms with E-state index in [1.165, 1.54) is 18.2 Å². The molecule has 0 radical (unpaired) electrons. The number of amides is 1. The fraction of sp³-hybridized carbons (Fsp3) is 0.562.